The van der Waals surface area contributed by atoms with Gasteiger partial charge in [0.25, 0.3) is 0 Å². The van der Waals surface area contributed by atoms with Gasteiger partial charge in [0.15, 0.2) is 0 Å². The average molecular weight is 311 g/mol. The van der Waals surface area contributed by atoms with Crippen LogP contribution < -0.4 is 11.1 Å². The molecule has 0 saturated heterocycles. The SMILES string of the molecule is CCc1ccc(CNc2ccc(C(N)=S)c(Cl)c2)s1. The highest BCUT2D eigenvalue weighted by atomic mass is 35.5. The first-order valence-electron chi connectivity index (χ1n) is 6.01. The number of anilines is 1. The molecule has 100 valence electrons. The fraction of sp³-hybridized carbons (Fsp3) is 0.214. The zero-order valence-electron chi connectivity index (χ0n) is 10.6. The van der Waals surface area contributed by atoms with Crippen LogP contribution in [0.4, 0.5) is 5.69 Å². The van der Waals surface area contributed by atoms with Crippen LogP contribution in [0.25, 0.3) is 0 Å². The Labute approximate surface area is 127 Å². The molecule has 2 nitrogen and oxygen atoms in total. The molecule has 1 aromatic heterocycles. The second-order valence-corrected chi connectivity index (χ2v) is 6.23. The number of nitrogens with one attached hydrogen (secondary N) is 1. The molecule has 1 heterocycles. The van der Waals surface area contributed by atoms with Crippen LogP contribution in [0.2, 0.25) is 5.02 Å². The Morgan fingerprint density at radius 1 is 1.32 bits per heavy atom. The number of thiocarbonyl (C=S) groups is 1. The average Bonchev–Trinajstić information content (AvgIpc) is 2.84. The van der Waals surface area contributed by atoms with Gasteiger partial charge in [-0.25, -0.2) is 0 Å². The Balaban J connectivity index is 2.03. The maximum absolute atomic E-state index is 6.13. The van der Waals surface area contributed by atoms with Crippen molar-refractivity contribution in [3.8, 4) is 0 Å². The van der Waals surface area contributed by atoms with Crippen molar-refractivity contribution in [1.29, 1.82) is 0 Å². The van der Waals surface area contributed by atoms with Crippen LogP contribution in [-0.2, 0) is 13.0 Å². The van der Waals surface area contributed by atoms with Gasteiger partial charge in [-0.2, -0.15) is 0 Å². The van der Waals surface area contributed by atoms with Crippen molar-refractivity contribution in [1.82, 2.24) is 0 Å². The van der Waals surface area contributed by atoms with E-state index in [1.165, 1.54) is 9.75 Å². The maximum atomic E-state index is 6.13. The summed E-state index contributed by atoms with van der Waals surface area (Å²) in [7, 11) is 0. The molecule has 2 rings (SSSR count). The molecule has 0 fully saturated rings. The van der Waals surface area contributed by atoms with Crippen LogP contribution in [0, 0.1) is 0 Å². The highest BCUT2D eigenvalue weighted by Gasteiger charge is 2.04. The largest absolute Gasteiger partial charge is 0.389 e. The molecule has 0 aliphatic carbocycles. The van der Waals surface area contributed by atoms with E-state index in [2.05, 4.69) is 24.4 Å². The fourth-order valence-corrected chi connectivity index (χ4v) is 3.14. The monoisotopic (exact) mass is 310 g/mol. The number of thiophene rings is 1. The van der Waals surface area contributed by atoms with Crippen molar-refractivity contribution < 1.29 is 0 Å². The lowest BCUT2D eigenvalue weighted by atomic mass is 10.2. The second kappa shape index (κ2) is 6.37. The third kappa shape index (κ3) is 3.69. The molecule has 3 N–H and O–H groups in total. The minimum atomic E-state index is 0.322. The molecule has 0 radical (unpaired) electrons. The highest BCUT2D eigenvalue weighted by Crippen LogP contribution is 2.23. The number of aryl methyl sites for hydroxylation is 1. The summed E-state index contributed by atoms with van der Waals surface area (Å²) in [5.74, 6) is 0. The number of hydrogen-bond acceptors (Lipinski definition) is 3. The van der Waals surface area contributed by atoms with Crippen LogP contribution in [0.1, 0.15) is 22.2 Å². The Bertz CT molecular complexity index is 593. The highest BCUT2D eigenvalue weighted by molar-refractivity contribution is 7.80. The molecule has 0 aliphatic heterocycles. The van der Waals surface area contributed by atoms with Crippen LogP contribution >= 0.6 is 35.2 Å². The van der Waals surface area contributed by atoms with Crippen LogP contribution in [0.3, 0.4) is 0 Å². The molecule has 0 spiro atoms. The summed E-state index contributed by atoms with van der Waals surface area (Å²) in [5, 5.41) is 3.93. The molecule has 0 bridgehead atoms. The standard InChI is InChI=1S/C14H15ClN2S2/c1-2-10-4-5-11(19-10)8-17-9-3-6-12(14(16)18)13(15)7-9/h3-7,17H,2,8H2,1H3,(H2,16,18). The molecule has 5 heteroatoms. The van der Waals surface area contributed by atoms with Gasteiger partial charge in [0.2, 0.25) is 0 Å². The summed E-state index contributed by atoms with van der Waals surface area (Å²) >= 11 is 12.9. The van der Waals surface area contributed by atoms with Gasteiger partial charge in [-0.1, -0.05) is 30.7 Å². The molecule has 0 aliphatic rings. The second-order valence-electron chi connectivity index (χ2n) is 4.13. The number of benzene rings is 1. The minimum Gasteiger partial charge on any atom is -0.389 e. The van der Waals surface area contributed by atoms with Crippen molar-refractivity contribution in [3.63, 3.8) is 0 Å². The van der Waals surface area contributed by atoms with Gasteiger partial charge >= 0.3 is 0 Å². The van der Waals surface area contributed by atoms with Crippen LogP contribution in [0.5, 0.6) is 0 Å². The zero-order chi connectivity index (χ0) is 13.8. The van der Waals surface area contributed by atoms with Crippen molar-refractivity contribution in [2.45, 2.75) is 19.9 Å². The number of rotatable bonds is 5. The van der Waals surface area contributed by atoms with Gasteiger partial charge in [-0.15, -0.1) is 11.3 Å². The predicted octanol–water partition coefficient (Wildman–Crippen LogP) is 4.21. The van der Waals surface area contributed by atoms with E-state index in [0.717, 1.165) is 18.7 Å². The van der Waals surface area contributed by atoms with Gasteiger partial charge < -0.3 is 11.1 Å². The van der Waals surface area contributed by atoms with Crippen LogP contribution in [-0.4, -0.2) is 4.99 Å². The first-order chi connectivity index (χ1) is 9.10. The van der Waals surface area contributed by atoms with Crippen molar-refractivity contribution in [2.24, 2.45) is 5.73 Å². The molecule has 1 aromatic carbocycles. The lowest BCUT2D eigenvalue weighted by Gasteiger charge is -2.08. The predicted molar refractivity (Wildman–Crippen MR) is 88.4 cm³/mol. The normalized spacial score (nSPS) is 10.4. The summed E-state index contributed by atoms with van der Waals surface area (Å²) in [6.45, 7) is 2.96. The third-order valence-electron chi connectivity index (χ3n) is 2.77. The van der Waals surface area contributed by atoms with Crippen molar-refractivity contribution >= 4 is 45.8 Å². The number of hydrogen-bond donors (Lipinski definition) is 2. The number of halogens is 1. The van der Waals surface area contributed by atoms with E-state index in [0.29, 0.717) is 15.6 Å². The van der Waals surface area contributed by atoms with Gasteiger partial charge in [0.1, 0.15) is 4.99 Å². The molecule has 0 saturated carbocycles. The van der Waals surface area contributed by atoms with E-state index in [1.807, 2.05) is 29.5 Å². The smallest absolute Gasteiger partial charge is 0.105 e. The molecule has 0 atom stereocenters. The summed E-state index contributed by atoms with van der Waals surface area (Å²) in [5.41, 5.74) is 7.26. The zero-order valence-corrected chi connectivity index (χ0v) is 13.0. The first-order valence-corrected chi connectivity index (χ1v) is 7.61. The summed E-state index contributed by atoms with van der Waals surface area (Å²) in [6, 6.07) is 9.96. The fourth-order valence-electron chi connectivity index (χ4n) is 1.72. The molecule has 2 aromatic rings. The number of nitrogens with two attached hydrogens (primary N) is 1. The van der Waals surface area contributed by atoms with E-state index in [-0.39, 0.29) is 0 Å². The van der Waals surface area contributed by atoms with Crippen LogP contribution in [0.15, 0.2) is 30.3 Å². The van der Waals surface area contributed by atoms with Gasteiger partial charge in [0.05, 0.1) is 5.02 Å². The van der Waals surface area contributed by atoms with Crippen molar-refractivity contribution in [2.75, 3.05) is 5.32 Å². The Hall–Kier alpha value is -1.10. The van der Waals surface area contributed by atoms with Gasteiger partial charge in [0, 0.05) is 27.5 Å². The van der Waals surface area contributed by atoms with E-state index >= 15 is 0 Å². The van der Waals surface area contributed by atoms with Gasteiger partial charge in [-0.05, 0) is 36.8 Å². The van der Waals surface area contributed by atoms with E-state index in [9.17, 15) is 0 Å². The Kier molecular flexibility index (Phi) is 4.80. The topological polar surface area (TPSA) is 38.0 Å². The molecule has 0 amide bonds. The molecular formula is C14H15ClN2S2. The molecule has 19 heavy (non-hydrogen) atoms. The van der Waals surface area contributed by atoms with E-state index in [1.54, 1.807) is 0 Å². The lowest BCUT2D eigenvalue weighted by Crippen LogP contribution is -2.10. The van der Waals surface area contributed by atoms with E-state index < -0.39 is 0 Å². The van der Waals surface area contributed by atoms with Gasteiger partial charge in [-0.3, -0.25) is 0 Å². The van der Waals surface area contributed by atoms with E-state index in [4.69, 9.17) is 29.6 Å². The maximum Gasteiger partial charge on any atom is 0.105 e. The summed E-state index contributed by atoms with van der Waals surface area (Å²) < 4.78 is 0. The Morgan fingerprint density at radius 3 is 2.63 bits per heavy atom. The quantitative estimate of drug-likeness (QED) is 0.812. The Morgan fingerprint density at radius 2 is 2.05 bits per heavy atom. The molecular weight excluding hydrogens is 296 g/mol. The third-order valence-corrected chi connectivity index (χ3v) is 4.53. The summed E-state index contributed by atoms with van der Waals surface area (Å²) in [4.78, 5) is 3.03. The molecule has 0 unspecified atom stereocenters. The first kappa shape index (κ1) is 14.3. The summed E-state index contributed by atoms with van der Waals surface area (Å²) in [6.07, 6.45) is 1.08. The minimum absolute atomic E-state index is 0.322. The van der Waals surface area contributed by atoms with Crippen molar-refractivity contribution in [3.05, 3.63) is 50.7 Å². The lowest BCUT2D eigenvalue weighted by molar-refractivity contribution is 1.19.